The molecule has 2 aliphatic carbocycles. The van der Waals surface area contributed by atoms with Gasteiger partial charge in [-0.15, -0.1) is 0 Å². The van der Waals surface area contributed by atoms with Gasteiger partial charge in [0.2, 0.25) is 5.95 Å². The molecule has 2 atom stereocenters. The summed E-state index contributed by atoms with van der Waals surface area (Å²) in [5.41, 5.74) is 1.78. The minimum absolute atomic E-state index is 0.0530. The van der Waals surface area contributed by atoms with Crippen molar-refractivity contribution in [1.29, 1.82) is 0 Å². The molecule has 118 valence electrons. The number of anilines is 1. The van der Waals surface area contributed by atoms with Crippen molar-refractivity contribution >= 4 is 40.2 Å². The van der Waals surface area contributed by atoms with Gasteiger partial charge in [0.25, 0.3) is 0 Å². The maximum Gasteiger partial charge on any atom is 0.204 e. The van der Waals surface area contributed by atoms with Crippen LogP contribution < -0.4 is 5.32 Å². The van der Waals surface area contributed by atoms with E-state index in [9.17, 15) is 5.11 Å². The normalized spacial score (nSPS) is 25.6. The third-order valence-electron chi connectivity index (χ3n) is 4.67. The van der Waals surface area contributed by atoms with Crippen LogP contribution in [0.1, 0.15) is 44.6 Å². The fourth-order valence-electron chi connectivity index (χ4n) is 3.33. The van der Waals surface area contributed by atoms with Crippen molar-refractivity contribution in [1.82, 2.24) is 9.55 Å². The van der Waals surface area contributed by atoms with Crippen LogP contribution in [-0.4, -0.2) is 26.8 Å². The predicted molar refractivity (Wildman–Crippen MR) is 89.9 cm³/mol. The van der Waals surface area contributed by atoms with Gasteiger partial charge in [0.15, 0.2) is 0 Å². The number of benzene rings is 1. The third-order valence-corrected chi connectivity index (χ3v) is 5.39. The standard InChI is InChI=1S/C16H19Cl2N3O/c17-10-7-12-14(8-11(10)18)21(13-3-1-2-4-15(13)22)16(20-12)19-9-5-6-9/h7-9,13,15,22H,1-6H2,(H,19,20). The van der Waals surface area contributed by atoms with Crippen LogP contribution in [-0.2, 0) is 0 Å². The molecule has 1 aromatic heterocycles. The molecule has 2 saturated carbocycles. The first kappa shape index (κ1) is 14.6. The number of rotatable bonds is 3. The van der Waals surface area contributed by atoms with E-state index in [1.807, 2.05) is 12.1 Å². The van der Waals surface area contributed by atoms with Gasteiger partial charge in [-0.3, -0.25) is 0 Å². The van der Waals surface area contributed by atoms with Gasteiger partial charge in [0.05, 0.1) is 33.2 Å². The molecule has 2 fully saturated rings. The molecular formula is C16H19Cl2N3O. The minimum atomic E-state index is -0.333. The number of hydrogen-bond acceptors (Lipinski definition) is 3. The van der Waals surface area contributed by atoms with Crippen LogP contribution in [0.25, 0.3) is 11.0 Å². The number of nitrogens with one attached hydrogen (secondary N) is 1. The lowest BCUT2D eigenvalue weighted by atomic mass is 9.92. The second-order valence-corrected chi connectivity index (χ2v) is 7.21. The fourth-order valence-corrected chi connectivity index (χ4v) is 3.65. The lowest BCUT2D eigenvalue weighted by Gasteiger charge is -2.30. The van der Waals surface area contributed by atoms with Crippen molar-refractivity contribution in [3.63, 3.8) is 0 Å². The topological polar surface area (TPSA) is 50.1 Å². The Morgan fingerprint density at radius 2 is 1.82 bits per heavy atom. The summed E-state index contributed by atoms with van der Waals surface area (Å²) in [5.74, 6) is 0.835. The highest BCUT2D eigenvalue weighted by atomic mass is 35.5. The molecule has 2 N–H and O–H groups in total. The number of halogens is 2. The highest BCUT2D eigenvalue weighted by Crippen LogP contribution is 2.38. The molecule has 2 aliphatic rings. The monoisotopic (exact) mass is 339 g/mol. The zero-order valence-electron chi connectivity index (χ0n) is 12.2. The lowest BCUT2D eigenvalue weighted by Crippen LogP contribution is -2.28. The quantitative estimate of drug-likeness (QED) is 0.871. The van der Waals surface area contributed by atoms with Crippen molar-refractivity contribution in [3.05, 3.63) is 22.2 Å². The van der Waals surface area contributed by atoms with Crippen molar-refractivity contribution < 1.29 is 5.11 Å². The summed E-state index contributed by atoms with van der Waals surface area (Å²) in [6, 6.07) is 4.23. The second kappa shape index (κ2) is 5.59. The maximum absolute atomic E-state index is 10.5. The van der Waals surface area contributed by atoms with Crippen LogP contribution in [0.15, 0.2) is 12.1 Å². The second-order valence-electron chi connectivity index (χ2n) is 6.40. The number of hydrogen-bond donors (Lipinski definition) is 2. The zero-order chi connectivity index (χ0) is 15.3. The molecule has 4 rings (SSSR count). The van der Waals surface area contributed by atoms with Crippen molar-refractivity contribution in [2.75, 3.05) is 5.32 Å². The summed E-state index contributed by atoms with van der Waals surface area (Å²) in [4.78, 5) is 4.70. The molecule has 2 aromatic rings. The molecular weight excluding hydrogens is 321 g/mol. The van der Waals surface area contributed by atoms with E-state index in [2.05, 4.69) is 9.88 Å². The van der Waals surface area contributed by atoms with E-state index >= 15 is 0 Å². The van der Waals surface area contributed by atoms with E-state index in [1.165, 1.54) is 12.8 Å². The number of imidazole rings is 1. The SMILES string of the molecule is OC1CCCCC1n1c(NC2CC2)nc2cc(Cl)c(Cl)cc21. The fraction of sp³-hybridized carbons (Fsp3) is 0.562. The molecule has 1 heterocycles. The molecule has 6 heteroatoms. The Morgan fingerprint density at radius 3 is 2.55 bits per heavy atom. The Labute approximate surface area is 139 Å². The maximum atomic E-state index is 10.5. The van der Waals surface area contributed by atoms with Gasteiger partial charge in [0.1, 0.15) is 0 Å². The first-order chi connectivity index (χ1) is 10.6. The van der Waals surface area contributed by atoms with Gasteiger partial charge in [-0.2, -0.15) is 0 Å². The first-order valence-electron chi connectivity index (χ1n) is 7.95. The van der Waals surface area contributed by atoms with Gasteiger partial charge in [-0.1, -0.05) is 36.0 Å². The Balaban J connectivity index is 1.85. The summed E-state index contributed by atoms with van der Waals surface area (Å²) < 4.78 is 2.14. The molecule has 0 saturated heterocycles. The van der Waals surface area contributed by atoms with E-state index in [4.69, 9.17) is 28.2 Å². The van der Waals surface area contributed by atoms with Gasteiger partial charge in [-0.05, 0) is 37.8 Å². The van der Waals surface area contributed by atoms with Crippen molar-refractivity contribution in [3.8, 4) is 0 Å². The Hall–Kier alpha value is -0.970. The zero-order valence-corrected chi connectivity index (χ0v) is 13.7. The molecule has 22 heavy (non-hydrogen) atoms. The van der Waals surface area contributed by atoms with Crippen LogP contribution >= 0.6 is 23.2 Å². The summed E-state index contributed by atoms with van der Waals surface area (Å²) in [7, 11) is 0. The highest BCUT2D eigenvalue weighted by Gasteiger charge is 2.31. The third kappa shape index (κ3) is 2.57. The molecule has 1 aromatic carbocycles. The summed E-state index contributed by atoms with van der Waals surface area (Å²) in [6.45, 7) is 0. The number of fused-ring (bicyclic) bond motifs is 1. The van der Waals surface area contributed by atoms with E-state index < -0.39 is 0 Å². The molecule has 0 bridgehead atoms. The van der Waals surface area contributed by atoms with E-state index in [0.29, 0.717) is 16.1 Å². The molecule has 2 unspecified atom stereocenters. The average molecular weight is 340 g/mol. The van der Waals surface area contributed by atoms with Gasteiger partial charge >= 0.3 is 0 Å². The van der Waals surface area contributed by atoms with Gasteiger partial charge in [0, 0.05) is 6.04 Å². The van der Waals surface area contributed by atoms with Gasteiger partial charge < -0.3 is 15.0 Å². The first-order valence-corrected chi connectivity index (χ1v) is 8.70. The smallest absolute Gasteiger partial charge is 0.204 e. The number of aromatic nitrogens is 2. The van der Waals surface area contributed by atoms with Crippen LogP contribution in [0.3, 0.4) is 0 Å². The molecule has 0 spiro atoms. The van der Waals surface area contributed by atoms with Crippen molar-refractivity contribution in [2.24, 2.45) is 0 Å². The molecule has 0 radical (unpaired) electrons. The Kier molecular flexibility index (Phi) is 3.71. The van der Waals surface area contributed by atoms with E-state index in [0.717, 1.165) is 42.7 Å². The van der Waals surface area contributed by atoms with Gasteiger partial charge in [-0.25, -0.2) is 4.98 Å². The van der Waals surface area contributed by atoms with Crippen LogP contribution in [0.4, 0.5) is 5.95 Å². The molecule has 4 nitrogen and oxygen atoms in total. The van der Waals surface area contributed by atoms with E-state index in [-0.39, 0.29) is 12.1 Å². The van der Waals surface area contributed by atoms with Crippen LogP contribution in [0, 0.1) is 0 Å². The Bertz CT molecular complexity index is 711. The molecule has 0 aliphatic heterocycles. The summed E-state index contributed by atoms with van der Waals surface area (Å²) >= 11 is 12.3. The van der Waals surface area contributed by atoms with E-state index in [1.54, 1.807) is 0 Å². The Morgan fingerprint density at radius 1 is 1.09 bits per heavy atom. The summed E-state index contributed by atoms with van der Waals surface area (Å²) in [5, 5.41) is 15.0. The lowest BCUT2D eigenvalue weighted by molar-refractivity contribution is 0.0782. The number of aliphatic hydroxyl groups is 1. The van der Waals surface area contributed by atoms with Crippen LogP contribution in [0.2, 0.25) is 10.0 Å². The van der Waals surface area contributed by atoms with Crippen molar-refractivity contribution in [2.45, 2.75) is 56.7 Å². The number of aliphatic hydroxyl groups excluding tert-OH is 1. The minimum Gasteiger partial charge on any atom is -0.391 e. The average Bonchev–Trinajstić information content (AvgIpc) is 3.23. The summed E-state index contributed by atoms with van der Waals surface area (Å²) in [6.07, 6.45) is 6.05. The predicted octanol–water partition coefficient (Wildman–Crippen LogP) is 4.39. The molecule has 0 amide bonds. The van der Waals surface area contributed by atoms with Crippen LogP contribution in [0.5, 0.6) is 0 Å². The largest absolute Gasteiger partial charge is 0.391 e. The number of nitrogens with zero attached hydrogens (tertiary/aromatic N) is 2. The highest BCUT2D eigenvalue weighted by molar-refractivity contribution is 6.42.